The molecule has 0 heterocycles. The van der Waals surface area contributed by atoms with Gasteiger partial charge in [-0.2, -0.15) is 19.1 Å². The van der Waals surface area contributed by atoms with Gasteiger partial charge < -0.3 is 6.92 Å². The van der Waals surface area contributed by atoms with Crippen LogP contribution in [0.1, 0.15) is 68.7 Å². The van der Waals surface area contributed by atoms with E-state index >= 15 is 0 Å². The number of hydrogen-bond acceptors (Lipinski definition) is 0. The summed E-state index contributed by atoms with van der Waals surface area (Å²) in [5.74, 6) is 1.21. The van der Waals surface area contributed by atoms with Gasteiger partial charge in [-0.15, -0.1) is 63.0 Å². The predicted octanol–water partition coefficient (Wildman–Crippen LogP) is 12.1. The SMILES string of the molecule is C[Si].Cc1cc2c(-c3ccccc3)cccc2[cH-]1.Cc1cc2c(C(C)C)cc(C(C)C)cc2[cH-]1.[CH2-]C.[Cl][Zr][Cl]. The number of aryl methyl sites for hydroxylation is 2. The number of fused-ring (bicyclic) bond motifs is 2. The molecule has 0 atom stereocenters. The Labute approximate surface area is 260 Å². The molecular formula is C35H42Cl2SiZr-3. The van der Waals surface area contributed by atoms with Gasteiger partial charge in [0.25, 0.3) is 0 Å². The first-order valence-electron chi connectivity index (χ1n) is 13.3. The number of halogens is 2. The second kappa shape index (κ2) is 18.8. The molecule has 207 valence electrons. The van der Waals surface area contributed by atoms with E-state index < -0.39 is 20.8 Å². The van der Waals surface area contributed by atoms with Crippen molar-refractivity contribution in [2.24, 2.45) is 0 Å². The Hall–Kier alpha value is -1.44. The van der Waals surface area contributed by atoms with Crippen molar-refractivity contribution in [1.82, 2.24) is 0 Å². The van der Waals surface area contributed by atoms with Crippen LogP contribution in [0.15, 0.2) is 84.9 Å². The van der Waals surface area contributed by atoms with Crippen LogP contribution in [0.2, 0.25) is 6.55 Å². The molecule has 0 aliphatic heterocycles. The summed E-state index contributed by atoms with van der Waals surface area (Å²) in [5.41, 5.74) is 8.28. The molecular weight excluding hydrogens is 611 g/mol. The van der Waals surface area contributed by atoms with Gasteiger partial charge in [-0.25, -0.2) is 0 Å². The van der Waals surface area contributed by atoms with E-state index in [0.717, 1.165) is 0 Å². The van der Waals surface area contributed by atoms with Gasteiger partial charge in [0.15, 0.2) is 0 Å². The zero-order valence-electron chi connectivity index (χ0n) is 24.7. The molecule has 0 fully saturated rings. The Morgan fingerprint density at radius 2 is 1.23 bits per heavy atom. The van der Waals surface area contributed by atoms with Crippen LogP contribution < -0.4 is 0 Å². The molecule has 0 saturated heterocycles. The second-order valence-corrected chi connectivity index (χ2v) is 13.5. The Balaban J connectivity index is 0.000000318. The maximum atomic E-state index is 4.93. The summed E-state index contributed by atoms with van der Waals surface area (Å²) >= 11 is -0.826. The molecule has 0 N–H and O–H groups in total. The first kappa shape index (κ1) is 35.6. The van der Waals surface area contributed by atoms with Gasteiger partial charge >= 0.3 is 37.9 Å². The van der Waals surface area contributed by atoms with Crippen molar-refractivity contribution in [3.8, 4) is 11.1 Å². The fourth-order valence-corrected chi connectivity index (χ4v) is 4.59. The third-order valence-corrected chi connectivity index (χ3v) is 6.29. The molecule has 0 nitrogen and oxygen atoms in total. The van der Waals surface area contributed by atoms with E-state index in [1.807, 2.05) is 0 Å². The topological polar surface area (TPSA) is 0 Å². The van der Waals surface area contributed by atoms with Crippen LogP contribution in [-0.4, -0.2) is 10.2 Å². The third kappa shape index (κ3) is 10.5. The zero-order chi connectivity index (χ0) is 29.5. The first-order chi connectivity index (χ1) is 18.7. The van der Waals surface area contributed by atoms with E-state index in [1.54, 1.807) is 13.5 Å². The molecule has 0 amide bonds. The van der Waals surface area contributed by atoms with Gasteiger partial charge in [-0.3, -0.25) is 0 Å². The van der Waals surface area contributed by atoms with Crippen molar-refractivity contribution in [3.05, 3.63) is 114 Å². The van der Waals surface area contributed by atoms with Crippen molar-refractivity contribution < 1.29 is 20.8 Å². The Bertz CT molecular complexity index is 1360. The molecule has 3 radical (unpaired) electrons. The summed E-state index contributed by atoms with van der Waals surface area (Å²) in [5, 5.41) is 5.54. The first-order valence-corrected chi connectivity index (χ1v) is 20.7. The van der Waals surface area contributed by atoms with Crippen LogP contribution in [0.4, 0.5) is 0 Å². The van der Waals surface area contributed by atoms with Crippen molar-refractivity contribution in [2.45, 2.75) is 66.8 Å². The average molecular weight is 653 g/mol. The quantitative estimate of drug-likeness (QED) is 0.134. The third-order valence-electron chi connectivity index (χ3n) is 6.29. The Morgan fingerprint density at radius 1 is 0.692 bits per heavy atom. The maximum absolute atomic E-state index is 4.93. The molecule has 0 aliphatic rings. The summed E-state index contributed by atoms with van der Waals surface area (Å²) in [6, 6.07) is 30.9. The van der Waals surface area contributed by atoms with Crippen LogP contribution in [0.3, 0.4) is 0 Å². The Kier molecular flexibility index (Phi) is 17.2. The molecule has 4 heteroatoms. The van der Waals surface area contributed by atoms with Crippen molar-refractivity contribution in [1.29, 1.82) is 0 Å². The summed E-state index contributed by atoms with van der Waals surface area (Å²) in [7, 11) is 12.8. The monoisotopic (exact) mass is 650 g/mol. The average Bonchev–Trinajstić information content (AvgIpc) is 3.52. The van der Waals surface area contributed by atoms with E-state index in [0.29, 0.717) is 11.8 Å². The van der Waals surface area contributed by atoms with Gasteiger partial charge in [0, 0.05) is 10.2 Å². The molecule has 0 spiro atoms. The van der Waals surface area contributed by atoms with Crippen LogP contribution >= 0.6 is 17.0 Å². The summed E-state index contributed by atoms with van der Waals surface area (Å²) < 4.78 is 0. The summed E-state index contributed by atoms with van der Waals surface area (Å²) in [4.78, 5) is 0. The van der Waals surface area contributed by atoms with Gasteiger partial charge in [0.2, 0.25) is 0 Å². The number of rotatable bonds is 3. The Morgan fingerprint density at radius 3 is 1.77 bits per heavy atom. The molecule has 5 aromatic rings. The minimum atomic E-state index is -0.826. The van der Waals surface area contributed by atoms with E-state index in [1.165, 1.54) is 54.9 Å². The predicted molar refractivity (Wildman–Crippen MR) is 177 cm³/mol. The molecule has 0 saturated carbocycles. The molecule has 0 aliphatic carbocycles. The van der Waals surface area contributed by atoms with E-state index in [4.69, 9.17) is 17.0 Å². The molecule has 0 unspecified atom stereocenters. The van der Waals surface area contributed by atoms with Crippen molar-refractivity contribution >= 4 is 48.8 Å². The van der Waals surface area contributed by atoms with Crippen LogP contribution in [0.5, 0.6) is 0 Å². The van der Waals surface area contributed by atoms with Gasteiger partial charge in [0.05, 0.1) is 0 Å². The van der Waals surface area contributed by atoms with Crippen LogP contribution in [-0.2, 0) is 20.8 Å². The molecule has 5 rings (SSSR count). The minimum absolute atomic E-state index is 0.600. The van der Waals surface area contributed by atoms with E-state index in [2.05, 4.69) is 144 Å². The van der Waals surface area contributed by atoms with Crippen molar-refractivity contribution in [3.63, 3.8) is 0 Å². The van der Waals surface area contributed by atoms with Gasteiger partial charge in [-0.1, -0.05) is 107 Å². The number of hydrogen-bond donors (Lipinski definition) is 0. The molecule has 5 aromatic carbocycles. The van der Waals surface area contributed by atoms with Crippen LogP contribution in [0.25, 0.3) is 32.7 Å². The standard InChI is InChI=1S/C16H13.C16H21.C2H5.CH3Si.2ClH.Zr/c1-12-10-14-8-5-9-15(16(14)11-12)13-6-3-2-4-7-13;1-10(2)13-8-14-6-12(5)7-16(14)15(9-13)11(3)4;2*1-2;;;/h2-11H,1H3;6-11H,1-5H3;1H2,2H3;1H3;2*1H;/q3*-1;;;;+2/p-2. The van der Waals surface area contributed by atoms with Crippen molar-refractivity contribution in [2.75, 3.05) is 0 Å². The zero-order valence-corrected chi connectivity index (χ0v) is 29.7. The number of benzene rings is 3. The van der Waals surface area contributed by atoms with Crippen LogP contribution in [0, 0.1) is 20.8 Å². The summed E-state index contributed by atoms with van der Waals surface area (Å²) in [6.07, 6.45) is 0. The molecule has 0 bridgehead atoms. The fraction of sp³-hybridized carbons (Fsp3) is 0.286. The van der Waals surface area contributed by atoms with E-state index in [-0.39, 0.29) is 0 Å². The van der Waals surface area contributed by atoms with Gasteiger partial charge in [0.1, 0.15) is 0 Å². The second-order valence-electron chi connectivity index (χ2n) is 9.73. The molecule has 39 heavy (non-hydrogen) atoms. The summed E-state index contributed by atoms with van der Waals surface area (Å²) in [6.45, 7) is 20.2. The van der Waals surface area contributed by atoms with E-state index in [9.17, 15) is 0 Å². The normalized spacial score (nSPS) is 10.0. The van der Waals surface area contributed by atoms with Gasteiger partial charge in [-0.05, 0) is 17.4 Å². The fourth-order valence-electron chi connectivity index (χ4n) is 4.59. The molecule has 0 aromatic heterocycles.